The monoisotopic (exact) mass is 381 g/mol. The van der Waals surface area contributed by atoms with Crippen LogP contribution in [0.5, 0.6) is 0 Å². The number of esters is 1. The van der Waals surface area contributed by atoms with Gasteiger partial charge in [0.2, 0.25) is 0 Å². The molecule has 0 aliphatic carbocycles. The first kappa shape index (κ1) is 17.0. The SMILES string of the molecule is Cc1ccc(-c2nc(C)sc2C2=C(c3ccc(Cl)cc3)COC2=O)cc1. The van der Waals surface area contributed by atoms with E-state index in [4.69, 9.17) is 16.3 Å². The van der Waals surface area contributed by atoms with Crippen LogP contribution >= 0.6 is 22.9 Å². The maximum Gasteiger partial charge on any atom is 0.340 e. The minimum Gasteiger partial charge on any atom is -0.457 e. The van der Waals surface area contributed by atoms with Crippen LogP contribution in [0.1, 0.15) is 21.0 Å². The van der Waals surface area contributed by atoms with Crippen molar-refractivity contribution in [3.8, 4) is 11.3 Å². The van der Waals surface area contributed by atoms with Crippen LogP contribution in [0.15, 0.2) is 48.5 Å². The third-order valence-corrected chi connectivity index (χ3v) is 5.57. The summed E-state index contributed by atoms with van der Waals surface area (Å²) < 4.78 is 5.37. The number of rotatable bonds is 3. The summed E-state index contributed by atoms with van der Waals surface area (Å²) in [5.74, 6) is -0.299. The normalized spacial score (nSPS) is 14.0. The Kier molecular flexibility index (Phi) is 4.39. The van der Waals surface area contributed by atoms with Crippen molar-refractivity contribution >= 4 is 40.1 Å². The van der Waals surface area contributed by atoms with Crippen molar-refractivity contribution < 1.29 is 9.53 Å². The molecule has 26 heavy (non-hydrogen) atoms. The number of hydrogen-bond donors (Lipinski definition) is 0. The Morgan fingerprint density at radius 2 is 1.65 bits per heavy atom. The van der Waals surface area contributed by atoms with Gasteiger partial charge in [0.1, 0.15) is 6.61 Å². The van der Waals surface area contributed by atoms with Crippen LogP contribution < -0.4 is 0 Å². The second-order valence-electron chi connectivity index (χ2n) is 6.21. The lowest BCUT2D eigenvalue weighted by Crippen LogP contribution is -1.98. The van der Waals surface area contributed by atoms with Gasteiger partial charge < -0.3 is 4.74 Å². The fourth-order valence-corrected chi connectivity index (χ4v) is 4.14. The molecule has 3 nitrogen and oxygen atoms in total. The standard InChI is InChI=1S/C21H16ClNO2S/c1-12-3-5-15(6-4-12)19-20(26-13(2)23-19)18-17(11-25-21(18)24)14-7-9-16(22)10-8-14/h3-10H,11H2,1-2H3. The van der Waals surface area contributed by atoms with E-state index in [1.54, 1.807) is 0 Å². The molecule has 0 radical (unpaired) electrons. The molecule has 4 rings (SSSR count). The molecule has 5 heteroatoms. The van der Waals surface area contributed by atoms with Crippen LogP contribution in [0.3, 0.4) is 0 Å². The Morgan fingerprint density at radius 1 is 1.00 bits per heavy atom. The van der Waals surface area contributed by atoms with Gasteiger partial charge in [-0.1, -0.05) is 53.6 Å². The second-order valence-corrected chi connectivity index (χ2v) is 7.85. The molecule has 3 aromatic rings. The smallest absolute Gasteiger partial charge is 0.340 e. The highest BCUT2D eigenvalue weighted by Crippen LogP contribution is 2.40. The number of nitrogens with zero attached hydrogens (tertiary/aromatic N) is 1. The number of aryl methyl sites for hydroxylation is 2. The molecule has 1 aliphatic rings. The third-order valence-electron chi connectivity index (χ3n) is 4.33. The Labute approximate surface area is 160 Å². The highest BCUT2D eigenvalue weighted by Gasteiger charge is 2.31. The van der Waals surface area contributed by atoms with E-state index in [0.717, 1.165) is 32.3 Å². The first-order chi connectivity index (χ1) is 12.5. The van der Waals surface area contributed by atoms with Crippen molar-refractivity contribution in [2.75, 3.05) is 6.61 Å². The van der Waals surface area contributed by atoms with Gasteiger partial charge in [-0.05, 0) is 31.5 Å². The van der Waals surface area contributed by atoms with E-state index in [1.165, 1.54) is 16.9 Å². The lowest BCUT2D eigenvalue weighted by molar-refractivity contribution is -0.133. The summed E-state index contributed by atoms with van der Waals surface area (Å²) in [6.45, 7) is 4.27. The maximum absolute atomic E-state index is 12.5. The zero-order chi connectivity index (χ0) is 18.3. The highest BCUT2D eigenvalue weighted by atomic mass is 35.5. The number of cyclic esters (lactones) is 1. The van der Waals surface area contributed by atoms with E-state index in [9.17, 15) is 4.79 Å². The van der Waals surface area contributed by atoms with Crippen molar-refractivity contribution in [3.63, 3.8) is 0 Å². The van der Waals surface area contributed by atoms with E-state index in [2.05, 4.69) is 17.1 Å². The van der Waals surface area contributed by atoms with Gasteiger partial charge >= 0.3 is 5.97 Å². The number of halogens is 1. The fraction of sp³-hybridized carbons (Fsp3) is 0.143. The molecule has 0 fully saturated rings. The van der Waals surface area contributed by atoms with Crippen molar-refractivity contribution in [1.29, 1.82) is 0 Å². The van der Waals surface area contributed by atoms with E-state index in [1.807, 2.05) is 50.2 Å². The summed E-state index contributed by atoms with van der Waals surface area (Å²) in [4.78, 5) is 18.1. The van der Waals surface area contributed by atoms with Gasteiger partial charge in [-0.15, -0.1) is 11.3 Å². The predicted octanol–water partition coefficient (Wildman–Crippen LogP) is 5.55. The summed E-state index contributed by atoms with van der Waals surface area (Å²) >= 11 is 7.52. The summed E-state index contributed by atoms with van der Waals surface area (Å²) in [6, 6.07) is 15.7. The van der Waals surface area contributed by atoms with Crippen LogP contribution in [-0.4, -0.2) is 17.6 Å². The zero-order valence-electron chi connectivity index (χ0n) is 14.4. The zero-order valence-corrected chi connectivity index (χ0v) is 15.9. The molecule has 1 aliphatic heterocycles. The molecule has 0 unspecified atom stereocenters. The molecule has 0 N–H and O–H groups in total. The van der Waals surface area contributed by atoms with Crippen molar-refractivity contribution in [2.24, 2.45) is 0 Å². The molecule has 0 saturated carbocycles. The Balaban J connectivity index is 1.90. The summed E-state index contributed by atoms with van der Waals surface area (Å²) in [6.07, 6.45) is 0. The topological polar surface area (TPSA) is 39.2 Å². The lowest BCUT2D eigenvalue weighted by Gasteiger charge is -2.06. The van der Waals surface area contributed by atoms with Gasteiger partial charge in [0.05, 0.1) is 21.2 Å². The summed E-state index contributed by atoms with van der Waals surface area (Å²) in [5, 5.41) is 1.58. The van der Waals surface area contributed by atoms with Crippen molar-refractivity contribution in [3.05, 3.63) is 74.6 Å². The molecule has 0 amide bonds. The minimum absolute atomic E-state index is 0.264. The minimum atomic E-state index is -0.299. The molecule has 0 saturated heterocycles. The van der Waals surface area contributed by atoms with E-state index < -0.39 is 0 Å². The molecule has 130 valence electrons. The van der Waals surface area contributed by atoms with Crippen LogP contribution in [0.2, 0.25) is 5.02 Å². The maximum atomic E-state index is 12.5. The van der Waals surface area contributed by atoms with Gasteiger partial charge in [-0.3, -0.25) is 0 Å². The van der Waals surface area contributed by atoms with Crippen LogP contribution in [0, 0.1) is 13.8 Å². The number of hydrogen-bond acceptors (Lipinski definition) is 4. The Bertz CT molecular complexity index is 1020. The van der Waals surface area contributed by atoms with Crippen molar-refractivity contribution in [1.82, 2.24) is 4.98 Å². The molecule has 0 bridgehead atoms. The molecule has 0 spiro atoms. The number of ether oxygens (including phenoxy) is 1. The Morgan fingerprint density at radius 3 is 2.35 bits per heavy atom. The van der Waals surface area contributed by atoms with E-state index >= 15 is 0 Å². The lowest BCUT2D eigenvalue weighted by atomic mass is 9.98. The quantitative estimate of drug-likeness (QED) is 0.558. The predicted molar refractivity (Wildman–Crippen MR) is 106 cm³/mol. The molecular weight excluding hydrogens is 366 g/mol. The average Bonchev–Trinajstić information content (AvgIpc) is 3.19. The van der Waals surface area contributed by atoms with Gasteiger partial charge in [-0.2, -0.15) is 0 Å². The summed E-state index contributed by atoms with van der Waals surface area (Å²) in [5.41, 5.74) is 5.43. The molecule has 2 heterocycles. The fourth-order valence-electron chi connectivity index (χ4n) is 3.02. The van der Waals surface area contributed by atoms with Crippen LogP contribution in [-0.2, 0) is 9.53 Å². The van der Waals surface area contributed by atoms with E-state index in [-0.39, 0.29) is 12.6 Å². The van der Waals surface area contributed by atoms with Gasteiger partial charge in [0, 0.05) is 16.2 Å². The number of carbonyl (C=O) groups is 1. The molecular formula is C21H16ClNO2S. The number of aromatic nitrogens is 1. The average molecular weight is 382 g/mol. The van der Waals surface area contributed by atoms with Crippen LogP contribution in [0.25, 0.3) is 22.4 Å². The van der Waals surface area contributed by atoms with Gasteiger partial charge in [0.25, 0.3) is 0 Å². The molecule has 2 aromatic carbocycles. The number of carbonyl (C=O) groups excluding carboxylic acids is 1. The van der Waals surface area contributed by atoms with E-state index in [0.29, 0.717) is 10.6 Å². The first-order valence-electron chi connectivity index (χ1n) is 8.24. The number of thiazole rings is 1. The largest absolute Gasteiger partial charge is 0.457 e. The van der Waals surface area contributed by atoms with Crippen molar-refractivity contribution in [2.45, 2.75) is 13.8 Å². The third kappa shape index (κ3) is 3.06. The molecule has 1 aromatic heterocycles. The highest BCUT2D eigenvalue weighted by molar-refractivity contribution is 7.13. The number of benzene rings is 2. The summed E-state index contributed by atoms with van der Waals surface area (Å²) in [7, 11) is 0. The second kappa shape index (κ2) is 6.71. The molecule has 0 atom stereocenters. The Hall–Kier alpha value is -2.43. The van der Waals surface area contributed by atoms with Gasteiger partial charge in [0.15, 0.2) is 0 Å². The van der Waals surface area contributed by atoms with Crippen LogP contribution in [0.4, 0.5) is 0 Å². The van der Waals surface area contributed by atoms with Gasteiger partial charge in [-0.25, -0.2) is 9.78 Å². The first-order valence-corrected chi connectivity index (χ1v) is 9.43.